The summed E-state index contributed by atoms with van der Waals surface area (Å²) < 4.78 is 47.6. The fourth-order valence-electron chi connectivity index (χ4n) is 10.6. The zero-order valence-corrected chi connectivity index (χ0v) is 50.1. The standard InChI is InChI=1S/C62H68N6O12S3/c1-9-52(69)57(83(75,76)78-8)19-21-81-82-62(5,6)20-18-58(71)65-38(4)53(70)23-37(3)59(72)66-43-25-39(34-79-54-30-48-46(22-36(54)2)60(73)67-44(32-63-48)27-41-14-10-12-16-50(41)67)24-40(26-43)35-80-56-31-49-47(29-55(56)77-7)61(74)68-45(33-64-49)28-42-15-11-13-17-51(42)68/h10-17,22,24-26,29-33,37-38,44-45,57H,9,18-21,23,27-28,34-35H2,1-8H3,(H,65,71)(H,66,72)/t37-,38-,44-,45-,57?/m0/s1. The van der Waals surface area contributed by atoms with Crippen molar-refractivity contribution in [3.05, 3.63) is 130 Å². The topological polar surface area (TPSA) is 229 Å². The molecule has 0 fully saturated rings. The second kappa shape index (κ2) is 25.7. The Hall–Kier alpha value is -7.33. The smallest absolute Gasteiger partial charge is 0.277 e. The van der Waals surface area contributed by atoms with Crippen molar-refractivity contribution in [3.63, 3.8) is 0 Å². The summed E-state index contributed by atoms with van der Waals surface area (Å²) in [4.78, 5) is 94.2. The molecule has 0 aromatic heterocycles. The Kier molecular flexibility index (Phi) is 18.6. The molecule has 4 aliphatic heterocycles. The van der Waals surface area contributed by atoms with Crippen LogP contribution in [-0.2, 0) is 59.5 Å². The Morgan fingerprint density at radius 3 is 1.90 bits per heavy atom. The van der Waals surface area contributed by atoms with E-state index in [2.05, 4.69) is 14.8 Å². The van der Waals surface area contributed by atoms with Crippen LogP contribution in [0, 0.1) is 12.8 Å². The Balaban J connectivity index is 0.865. The van der Waals surface area contributed by atoms with E-state index >= 15 is 0 Å². The number of rotatable bonds is 25. The molecule has 5 atom stereocenters. The summed E-state index contributed by atoms with van der Waals surface area (Å²) in [5, 5.41) is 4.53. The predicted octanol–water partition coefficient (Wildman–Crippen LogP) is 10.4. The number of benzene rings is 5. The van der Waals surface area contributed by atoms with E-state index in [4.69, 9.17) is 24.2 Å². The van der Waals surface area contributed by atoms with Crippen LogP contribution in [0.2, 0.25) is 0 Å². The van der Waals surface area contributed by atoms with Gasteiger partial charge in [0.1, 0.15) is 24.2 Å². The second-order valence-corrected chi connectivity index (χ2v) is 26.8. The van der Waals surface area contributed by atoms with Crippen molar-refractivity contribution in [2.45, 2.75) is 128 Å². The van der Waals surface area contributed by atoms with Gasteiger partial charge in [0.05, 0.1) is 54.8 Å². The molecule has 1 unspecified atom stereocenters. The molecule has 0 radical (unpaired) electrons. The Morgan fingerprint density at radius 1 is 0.759 bits per heavy atom. The zero-order chi connectivity index (χ0) is 59.3. The summed E-state index contributed by atoms with van der Waals surface area (Å²) >= 11 is 0. The third-order valence-electron chi connectivity index (χ3n) is 15.2. The fraction of sp³-hybridized carbons (Fsp3) is 0.387. The molecule has 5 aromatic rings. The van der Waals surface area contributed by atoms with Gasteiger partial charge in [-0.05, 0) is 111 Å². The lowest BCUT2D eigenvalue weighted by atomic mass is 9.99. The number of nitrogens with zero attached hydrogens (tertiary/aromatic N) is 4. The summed E-state index contributed by atoms with van der Waals surface area (Å²) in [5.74, 6) is -1.09. The molecule has 4 amide bonds. The summed E-state index contributed by atoms with van der Waals surface area (Å²) in [5.41, 5.74) is 8.06. The zero-order valence-electron chi connectivity index (χ0n) is 47.7. The number of para-hydroxylation sites is 2. The highest BCUT2D eigenvalue weighted by molar-refractivity contribution is 8.77. The van der Waals surface area contributed by atoms with Crippen LogP contribution in [0.1, 0.15) is 115 Å². The number of carbonyl (C=O) groups is 6. The van der Waals surface area contributed by atoms with Gasteiger partial charge in [0.25, 0.3) is 21.9 Å². The molecule has 4 aliphatic rings. The number of methoxy groups -OCH3 is 1. The van der Waals surface area contributed by atoms with E-state index in [9.17, 15) is 37.2 Å². The molecule has 83 heavy (non-hydrogen) atoms. The molecule has 436 valence electrons. The summed E-state index contributed by atoms with van der Waals surface area (Å²) in [6, 6.07) is 26.7. The van der Waals surface area contributed by atoms with E-state index < -0.39 is 43.8 Å². The first kappa shape index (κ1) is 60.3. The van der Waals surface area contributed by atoms with Gasteiger partial charge in [0.15, 0.2) is 23.1 Å². The van der Waals surface area contributed by atoms with Gasteiger partial charge >= 0.3 is 0 Å². The lowest BCUT2D eigenvalue weighted by Gasteiger charge is -2.24. The number of hydrogen-bond donors (Lipinski definition) is 2. The van der Waals surface area contributed by atoms with Gasteiger partial charge in [0, 0.05) is 90.1 Å². The van der Waals surface area contributed by atoms with Crippen molar-refractivity contribution in [1.29, 1.82) is 0 Å². The number of anilines is 3. The van der Waals surface area contributed by atoms with E-state index in [1.54, 1.807) is 73.2 Å². The van der Waals surface area contributed by atoms with Gasteiger partial charge in [-0.3, -0.25) is 52.7 Å². The van der Waals surface area contributed by atoms with Gasteiger partial charge in [-0.1, -0.05) is 71.8 Å². The quantitative estimate of drug-likeness (QED) is 0.0315. The molecule has 0 spiro atoms. The molecule has 4 heterocycles. The van der Waals surface area contributed by atoms with Crippen LogP contribution in [0.15, 0.2) is 101 Å². The number of nitrogens with one attached hydrogen (secondary N) is 2. The Labute approximate surface area is 492 Å². The lowest BCUT2D eigenvalue weighted by molar-refractivity contribution is -0.129. The molecule has 0 bridgehead atoms. The molecular formula is C62H68N6O12S3. The number of fused-ring (bicyclic) bond motifs is 8. The van der Waals surface area contributed by atoms with Crippen LogP contribution >= 0.6 is 21.6 Å². The van der Waals surface area contributed by atoms with Crippen molar-refractivity contribution < 1.29 is 55.6 Å². The van der Waals surface area contributed by atoms with Crippen LogP contribution in [0.3, 0.4) is 0 Å². The SMILES string of the molecule is CCC(=O)C(CCSSC(C)(C)CCC(=O)N[C@@H](C)C(=O)C[C@H](C)C(=O)Nc1cc(COc2cc3c(cc2C)C(=O)N2c4ccccc4C[C@H]2C=N3)cc(COc2cc3c(cc2OC)C(=O)N2c4ccccc4C[C@H]2C=N3)c1)S(=O)(=O)OC. The highest BCUT2D eigenvalue weighted by Crippen LogP contribution is 2.43. The third kappa shape index (κ3) is 13.7. The minimum absolute atomic E-state index is 0.00989. The van der Waals surface area contributed by atoms with Crippen LogP contribution in [0.5, 0.6) is 17.2 Å². The Morgan fingerprint density at radius 2 is 1.33 bits per heavy atom. The van der Waals surface area contributed by atoms with Crippen LogP contribution in [-0.4, -0.2) is 104 Å². The minimum atomic E-state index is -4.01. The van der Waals surface area contributed by atoms with Crippen LogP contribution < -0.4 is 34.6 Å². The van der Waals surface area contributed by atoms with Gasteiger partial charge in [-0.15, -0.1) is 0 Å². The molecule has 2 N–H and O–H groups in total. The number of Topliss-reactive ketones (excluding diaryl/α,β-unsaturated/α-hetero) is 2. The molecule has 0 saturated heterocycles. The maximum Gasteiger partial charge on any atom is 0.277 e. The number of aryl methyl sites for hydroxylation is 1. The van der Waals surface area contributed by atoms with E-state index in [1.807, 2.05) is 81.6 Å². The van der Waals surface area contributed by atoms with E-state index in [0.29, 0.717) is 81.6 Å². The average Bonchev–Trinajstić information content (AvgIpc) is 2.80. The molecule has 18 nitrogen and oxygen atoms in total. The van der Waals surface area contributed by atoms with Crippen molar-refractivity contribution in [2.75, 3.05) is 35.1 Å². The average molecular weight is 1190 g/mol. The van der Waals surface area contributed by atoms with Crippen molar-refractivity contribution in [1.82, 2.24) is 5.32 Å². The van der Waals surface area contributed by atoms with Crippen molar-refractivity contribution >= 4 is 108 Å². The van der Waals surface area contributed by atoms with Crippen LogP contribution in [0.25, 0.3) is 0 Å². The van der Waals surface area contributed by atoms with Crippen molar-refractivity contribution in [2.24, 2.45) is 15.9 Å². The first-order valence-electron chi connectivity index (χ1n) is 27.6. The molecule has 21 heteroatoms. The highest BCUT2D eigenvalue weighted by Gasteiger charge is 2.39. The first-order valence-corrected chi connectivity index (χ1v) is 31.4. The fourth-order valence-corrected chi connectivity index (χ4v) is 14.5. The number of ether oxygens (including phenoxy) is 3. The number of ketones is 2. The molecule has 9 rings (SSSR count). The van der Waals surface area contributed by atoms with E-state index in [-0.39, 0.29) is 74.5 Å². The maximum atomic E-state index is 14.1. The minimum Gasteiger partial charge on any atom is -0.493 e. The summed E-state index contributed by atoms with van der Waals surface area (Å²) in [7, 11) is 1.43. The largest absolute Gasteiger partial charge is 0.493 e. The third-order valence-corrected chi connectivity index (χ3v) is 20.2. The van der Waals surface area contributed by atoms with Gasteiger partial charge in [-0.25, -0.2) is 0 Å². The predicted molar refractivity (Wildman–Crippen MR) is 325 cm³/mol. The monoisotopic (exact) mass is 1180 g/mol. The number of hydrogen-bond acceptors (Lipinski definition) is 16. The Bertz CT molecular complexity index is 3550. The number of aliphatic imine (C=N–C) groups is 2. The summed E-state index contributed by atoms with van der Waals surface area (Å²) in [6.07, 6.45) is 5.49. The maximum absolute atomic E-state index is 14.1. The molecule has 0 saturated carbocycles. The van der Waals surface area contributed by atoms with Gasteiger partial charge in [0.2, 0.25) is 11.8 Å². The molecule has 0 aliphatic carbocycles. The van der Waals surface area contributed by atoms with Crippen LogP contribution in [0.4, 0.5) is 28.4 Å². The number of amides is 4. The molecule has 5 aromatic carbocycles. The second-order valence-electron chi connectivity index (χ2n) is 21.7. The molecular weight excluding hydrogens is 1120 g/mol. The van der Waals surface area contributed by atoms with Crippen molar-refractivity contribution in [3.8, 4) is 17.2 Å². The highest BCUT2D eigenvalue weighted by atomic mass is 33.1. The van der Waals surface area contributed by atoms with E-state index in [1.165, 1.54) is 28.7 Å². The normalized spacial score (nSPS) is 16.9. The van der Waals surface area contributed by atoms with Gasteiger partial charge < -0.3 is 24.8 Å². The lowest BCUT2D eigenvalue weighted by Crippen LogP contribution is -2.40. The first-order chi connectivity index (χ1) is 39.7. The summed E-state index contributed by atoms with van der Waals surface area (Å²) in [6.45, 7) is 10.6. The van der Waals surface area contributed by atoms with Gasteiger partial charge in [-0.2, -0.15) is 8.42 Å². The van der Waals surface area contributed by atoms with E-state index in [0.717, 1.165) is 35.2 Å². The number of carbonyl (C=O) groups excluding carboxylic acids is 6.